The van der Waals surface area contributed by atoms with E-state index in [2.05, 4.69) is 10.6 Å². The van der Waals surface area contributed by atoms with Gasteiger partial charge in [-0.2, -0.15) is 0 Å². The zero-order chi connectivity index (χ0) is 13.5. The van der Waals surface area contributed by atoms with Gasteiger partial charge in [-0.05, 0) is 18.1 Å². The SMILES string of the molecule is COc1ccccc1CCNC(=O)C1CNCCO1. The number of amides is 1. The lowest BCUT2D eigenvalue weighted by atomic mass is 10.1. The van der Waals surface area contributed by atoms with Gasteiger partial charge in [0, 0.05) is 19.6 Å². The minimum atomic E-state index is -0.369. The first-order valence-electron chi connectivity index (χ1n) is 6.53. The van der Waals surface area contributed by atoms with Crippen LogP contribution in [0.15, 0.2) is 24.3 Å². The second-order valence-corrected chi connectivity index (χ2v) is 4.42. The van der Waals surface area contributed by atoms with Gasteiger partial charge < -0.3 is 20.1 Å². The van der Waals surface area contributed by atoms with Gasteiger partial charge in [0.25, 0.3) is 0 Å². The van der Waals surface area contributed by atoms with Gasteiger partial charge in [-0.3, -0.25) is 4.79 Å². The number of rotatable bonds is 5. The fourth-order valence-electron chi connectivity index (χ4n) is 2.08. The van der Waals surface area contributed by atoms with E-state index in [1.165, 1.54) is 0 Å². The molecular weight excluding hydrogens is 244 g/mol. The maximum Gasteiger partial charge on any atom is 0.250 e. The molecule has 0 saturated carbocycles. The van der Waals surface area contributed by atoms with Crippen LogP contribution in [0.2, 0.25) is 0 Å². The Hall–Kier alpha value is -1.59. The smallest absolute Gasteiger partial charge is 0.250 e. The summed E-state index contributed by atoms with van der Waals surface area (Å²) in [5, 5.41) is 6.03. The van der Waals surface area contributed by atoms with Crippen molar-refractivity contribution in [2.24, 2.45) is 0 Å². The van der Waals surface area contributed by atoms with Crippen LogP contribution in [0, 0.1) is 0 Å². The van der Waals surface area contributed by atoms with E-state index in [0.29, 0.717) is 19.7 Å². The molecule has 1 amide bonds. The monoisotopic (exact) mass is 264 g/mol. The number of carbonyl (C=O) groups is 1. The molecule has 1 heterocycles. The fraction of sp³-hybridized carbons (Fsp3) is 0.500. The highest BCUT2D eigenvalue weighted by Gasteiger charge is 2.20. The molecule has 1 saturated heterocycles. The number of hydrogen-bond acceptors (Lipinski definition) is 4. The number of carbonyl (C=O) groups excluding carboxylic acids is 1. The van der Waals surface area contributed by atoms with Crippen LogP contribution in [-0.2, 0) is 16.0 Å². The topological polar surface area (TPSA) is 59.6 Å². The van der Waals surface area contributed by atoms with E-state index < -0.39 is 0 Å². The van der Waals surface area contributed by atoms with Crippen LogP contribution in [0.25, 0.3) is 0 Å². The summed E-state index contributed by atoms with van der Waals surface area (Å²) >= 11 is 0. The molecule has 1 unspecified atom stereocenters. The van der Waals surface area contributed by atoms with Crippen LogP contribution in [0.3, 0.4) is 0 Å². The van der Waals surface area contributed by atoms with E-state index >= 15 is 0 Å². The Balaban J connectivity index is 1.78. The molecule has 0 spiro atoms. The van der Waals surface area contributed by atoms with E-state index in [4.69, 9.17) is 9.47 Å². The molecule has 2 rings (SSSR count). The van der Waals surface area contributed by atoms with Crippen LogP contribution in [0.5, 0.6) is 5.75 Å². The first-order chi connectivity index (χ1) is 9.31. The van der Waals surface area contributed by atoms with Crippen LogP contribution in [0.4, 0.5) is 0 Å². The lowest BCUT2D eigenvalue weighted by molar-refractivity contribution is -0.134. The third-order valence-corrected chi connectivity index (χ3v) is 3.11. The number of morpholine rings is 1. The van der Waals surface area contributed by atoms with Gasteiger partial charge in [-0.15, -0.1) is 0 Å². The highest BCUT2D eigenvalue weighted by atomic mass is 16.5. The van der Waals surface area contributed by atoms with Crippen molar-refractivity contribution in [2.45, 2.75) is 12.5 Å². The zero-order valence-corrected chi connectivity index (χ0v) is 11.1. The van der Waals surface area contributed by atoms with Gasteiger partial charge in [0.15, 0.2) is 0 Å². The summed E-state index contributed by atoms with van der Waals surface area (Å²) in [6.07, 6.45) is 0.377. The first-order valence-corrected chi connectivity index (χ1v) is 6.53. The first kappa shape index (κ1) is 13.8. The van der Waals surface area contributed by atoms with Crippen LogP contribution in [-0.4, -0.2) is 45.4 Å². The minimum Gasteiger partial charge on any atom is -0.496 e. The summed E-state index contributed by atoms with van der Waals surface area (Å²) in [7, 11) is 1.65. The van der Waals surface area contributed by atoms with Crippen molar-refractivity contribution in [3.05, 3.63) is 29.8 Å². The average Bonchev–Trinajstić information content (AvgIpc) is 2.48. The molecule has 1 aromatic rings. The largest absolute Gasteiger partial charge is 0.496 e. The molecule has 19 heavy (non-hydrogen) atoms. The van der Waals surface area contributed by atoms with Gasteiger partial charge in [0.1, 0.15) is 11.9 Å². The second kappa shape index (κ2) is 7.11. The van der Waals surface area contributed by atoms with Crippen molar-refractivity contribution in [3.63, 3.8) is 0 Å². The fourth-order valence-corrected chi connectivity index (χ4v) is 2.08. The van der Waals surface area contributed by atoms with Crippen molar-refractivity contribution < 1.29 is 14.3 Å². The molecule has 1 fully saturated rings. The van der Waals surface area contributed by atoms with Crippen molar-refractivity contribution in [1.29, 1.82) is 0 Å². The Labute approximate surface area is 113 Å². The predicted molar refractivity (Wildman–Crippen MR) is 72.3 cm³/mol. The Morgan fingerprint density at radius 3 is 3.11 bits per heavy atom. The van der Waals surface area contributed by atoms with Gasteiger partial charge in [0.05, 0.1) is 13.7 Å². The van der Waals surface area contributed by atoms with Crippen molar-refractivity contribution in [2.75, 3.05) is 33.4 Å². The molecule has 104 valence electrons. The van der Waals surface area contributed by atoms with Gasteiger partial charge in [0.2, 0.25) is 5.91 Å². The summed E-state index contributed by atoms with van der Waals surface area (Å²) in [4.78, 5) is 11.8. The molecule has 1 aliphatic rings. The Morgan fingerprint density at radius 1 is 1.53 bits per heavy atom. The van der Waals surface area contributed by atoms with E-state index in [0.717, 1.165) is 24.3 Å². The van der Waals surface area contributed by atoms with E-state index in [-0.39, 0.29) is 12.0 Å². The Kier molecular flexibility index (Phi) is 5.18. The highest BCUT2D eigenvalue weighted by molar-refractivity contribution is 5.81. The van der Waals surface area contributed by atoms with E-state index in [1.54, 1.807) is 7.11 Å². The molecule has 2 N–H and O–H groups in total. The lowest BCUT2D eigenvalue weighted by Gasteiger charge is -2.22. The zero-order valence-electron chi connectivity index (χ0n) is 11.1. The number of benzene rings is 1. The average molecular weight is 264 g/mol. The molecule has 5 nitrogen and oxygen atoms in total. The molecule has 0 bridgehead atoms. The summed E-state index contributed by atoms with van der Waals surface area (Å²) < 4.78 is 10.7. The van der Waals surface area contributed by atoms with Crippen LogP contribution in [0.1, 0.15) is 5.56 Å². The van der Waals surface area contributed by atoms with Gasteiger partial charge in [-0.25, -0.2) is 0 Å². The second-order valence-electron chi connectivity index (χ2n) is 4.42. The molecule has 5 heteroatoms. The molecule has 1 aliphatic heterocycles. The predicted octanol–water partition coefficient (Wildman–Crippen LogP) is 0.342. The Morgan fingerprint density at radius 2 is 2.37 bits per heavy atom. The van der Waals surface area contributed by atoms with E-state index in [1.807, 2.05) is 24.3 Å². The normalized spacial score (nSPS) is 18.9. The third kappa shape index (κ3) is 3.94. The van der Waals surface area contributed by atoms with Crippen molar-refractivity contribution in [1.82, 2.24) is 10.6 Å². The molecule has 0 radical (unpaired) electrons. The quantitative estimate of drug-likeness (QED) is 0.805. The summed E-state index contributed by atoms with van der Waals surface area (Å²) in [6, 6.07) is 7.82. The number of methoxy groups -OCH3 is 1. The molecule has 1 aromatic carbocycles. The minimum absolute atomic E-state index is 0.0536. The maximum absolute atomic E-state index is 11.8. The molecule has 0 aliphatic carbocycles. The number of nitrogens with one attached hydrogen (secondary N) is 2. The lowest BCUT2D eigenvalue weighted by Crippen LogP contribution is -2.48. The Bertz CT molecular complexity index is 417. The van der Waals surface area contributed by atoms with Crippen LogP contribution < -0.4 is 15.4 Å². The molecular formula is C14H20N2O3. The van der Waals surface area contributed by atoms with Gasteiger partial charge >= 0.3 is 0 Å². The van der Waals surface area contributed by atoms with Crippen molar-refractivity contribution >= 4 is 5.91 Å². The summed E-state index contributed by atoms with van der Waals surface area (Å²) in [5.74, 6) is 0.800. The maximum atomic E-state index is 11.8. The van der Waals surface area contributed by atoms with E-state index in [9.17, 15) is 4.79 Å². The third-order valence-electron chi connectivity index (χ3n) is 3.11. The summed E-state index contributed by atoms with van der Waals surface area (Å²) in [5.41, 5.74) is 1.09. The number of hydrogen-bond donors (Lipinski definition) is 2. The molecule has 0 aromatic heterocycles. The van der Waals surface area contributed by atoms with Gasteiger partial charge in [-0.1, -0.05) is 18.2 Å². The van der Waals surface area contributed by atoms with Crippen molar-refractivity contribution in [3.8, 4) is 5.75 Å². The van der Waals surface area contributed by atoms with Crippen LogP contribution >= 0.6 is 0 Å². The highest BCUT2D eigenvalue weighted by Crippen LogP contribution is 2.17. The number of para-hydroxylation sites is 1. The number of ether oxygens (including phenoxy) is 2. The molecule has 1 atom stereocenters. The standard InChI is InChI=1S/C14H20N2O3/c1-18-12-5-3-2-4-11(12)6-7-16-14(17)13-10-15-8-9-19-13/h2-5,13,15H,6-10H2,1H3,(H,16,17). The summed E-state index contributed by atoms with van der Waals surface area (Å²) in [6.45, 7) is 2.56.